The molecular formula is C26H19N5O2. The van der Waals surface area contributed by atoms with Crippen molar-refractivity contribution in [3.8, 4) is 16.9 Å². The second-order valence-electron chi connectivity index (χ2n) is 7.31. The summed E-state index contributed by atoms with van der Waals surface area (Å²) >= 11 is 0. The lowest BCUT2D eigenvalue weighted by Gasteiger charge is -2.02. The van der Waals surface area contributed by atoms with Crippen LogP contribution in [0.25, 0.3) is 27.9 Å². The molecule has 1 amide bonds. The number of carbonyl (C=O) groups excluding carboxylic acids is 1. The Morgan fingerprint density at radius 2 is 1.67 bits per heavy atom. The van der Waals surface area contributed by atoms with E-state index in [9.17, 15) is 4.79 Å². The van der Waals surface area contributed by atoms with Crippen molar-refractivity contribution in [3.63, 3.8) is 0 Å². The lowest BCUT2D eigenvalue weighted by atomic mass is 10.1. The Labute approximate surface area is 189 Å². The van der Waals surface area contributed by atoms with Crippen LogP contribution in [0.1, 0.15) is 15.9 Å². The maximum Gasteiger partial charge on any atom is 0.276 e. The van der Waals surface area contributed by atoms with E-state index in [1.54, 1.807) is 23.0 Å². The molecular weight excluding hydrogens is 414 g/mol. The van der Waals surface area contributed by atoms with Gasteiger partial charge in [0, 0.05) is 22.7 Å². The molecule has 2 N–H and O–H groups in total. The molecule has 0 unspecified atom stereocenters. The smallest absolute Gasteiger partial charge is 0.276 e. The first-order chi connectivity index (χ1) is 16.2. The van der Waals surface area contributed by atoms with Gasteiger partial charge in [-0.2, -0.15) is 10.2 Å². The number of benzene rings is 3. The summed E-state index contributed by atoms with van der Waals surface area (Å²) in [5.41, 5.74) is 6.24. The molecule has 0 aliphatic heterocycles. The average Bonchev–Trinajstić information content (AvgIpc) is 3.29. The molecule has 0 aliphatic rings. The monoisotopic (exact) mass is 433 g/mol. The van der Waals surface area contributed by atoms with E-state index in [2.05, 4.69) is 10.5 Å². The third-order valence-electron chi connectivity index (χ3n) is 5.10. The summed E-state index contributed by atoms with van der Waals surface area (Å²) in [4.78, 5) is 12.7. The molecule has 0 fully saturated rings. The Hall–Kier alpha value is -4.78. The number of hydrogen-bond acceptors (Lipinski definition) is 5. The Bertz CT molecular complexity index is 1520. The van der Waals surface area contributed by atoms with Gasteiger partial charge in [-0.25, -0.2) is 10.1 Å². The second kappa shape index (κ2) is 8.76. The van der Waals surface area contributed by atoms with Crippen molar-refractivity contribution in [1.82, 2.24) is 15.2 Å². The highest BCUT2D eigenvalue weighted by molar-refractivity contribution is 5.97. The van der Waals surface area contributed by atoms with Gasteiger partial charge in [0.1, 0.15) is 16.8 Å². The fourth-order valence-corrected chi connectivity index (χ4v) is 3.48. The molecule has 0 radical (unpaired) electrons. The number of hydrazone groups is 1. The fourth-order valence-electron chi connectivity index (χ4n) is 3.48. The summed E-state index contributed by atoms with van der Waals surface area (Å²) in [6.45, 7) is 0. The van der Waals surface area contributed by atoms with Crippen molar-refractivity contribution in [1.29, 1.82) is 5.41 Å². The number of carbonyl (C=O) groups is 1. The average molecular weight is 433 g/mol. The summed E-state index contributed by atoms with van der Waals surface area (Å²) in [5, 5.41) is 17.6. The Morgan fingerprint density at radius 3 is 2.45 bits per heavy atom. The van der Waals surface area contributed by atoms with Gasteiger partial charge in [-0.3, -0.25) is 10.2 Å². The van der Waals surface area contributed by atoms with E-state index < -0.39 is 5.91 Å². The van der Waals surface area contributed by atoms with Gasteiger partial charge in [-0.15, -0.1) is 0 Å². The highest BCUT2D eigenvalue weighted by atomic mass is 16.3. The summed E-state index contributed by atoms with van der Waals surface area (Å²) in [7, 11) is 0. The topological polar surface area (TPSA) is 96.3 Å². The van der Waals surface area contributed by atoms with Gasteiger partial charge in [-0.1, -0.05) is 66.7 Å². The zero-order chi connectivity index (χ0) is 22.6. The summed E-state index contributed by atoms with van der Waals surface area (Å²) in [5.74, 6) is -0.525. The predicted molar refractivity (Wildman–Crippen MR) is 126 cm³/mol. The zero-order valence-corrected chi connectivity index (χ0v) is 17.5. The Balaban J connectivity index is 1.44. The van der Waals surface area contributed by atoms with E-state index in [1.165, 1.54) is 0 Å². The van der Waals surface area contributed by atoms with E-state index in [4.69, 9.17) is 14.9 Å². The number of amides is 1. The van der Waals surface area contributed by atoms with Crippen LogP contribution in [0.15, 0.2) is 107 Å². The van der Waals surface area contributed by atoms with Crippen molar-refractivity contribution in [2.24, 2.45) is 5.10 Å². The first-order valence-electron chi connectivity index (χ1n) is 10.3. The second-order valence-corrected chi connectivity index (χ2v) is 7.31. The summed E-state index contributed by atoms with van der Waals surface area (Å²) < 4.78 is 7.22. The largest absolute Gasteiger partial charge is 0.438 e. The molecule has 2 aromatic heterocycles. The summed E-state index contributed by atoms with van der Waals surface area (Å²) in [6, 6.07) is 28.4. The number of aromatic nitrogens is 2. The predicted octanol–water partition coefficient (Wildman–Crippen LogP) is 4.53. The third kappa shape index (κ3) is 4.20. The number of nitrogens with one attached hydrogen (secondary N) is 2. The van der Waals surface area contributed by atoms with Crippen LogP contribution in [0, 0.1) is 5.41 Å². The van der Waals surface area contributed by atoms with Gasteiger partial charge in [0.2, 0.25) is 5.55 Å². The number of rotatable bonds is 5. The quantitative estimate of drug-likeness (QED) is 0.315. The molecule has 0 saturated carbocycles. The SMILES string of the molecule is N=c1oc2ccccc2cc1C(=O)N/N=C/c1cn(-c2ccccc2)nc1-c1ccccc1. The lowest BCUT2D eigenvalue weighted by Crippen LogP contribution is -2.24. The van der Waals surface area contributed by atoms with E-state index in [0.29, 0.717) is 5.58 Å². The van der Waals surface area contributed by atoms with Crippen LogP contribution in [0.4, 0.5) is 0 Å². The van der Waals surface area contributed by atoms with Gasteiger partial charge >= 0.3 is 0 Å². The maximum absolute atomic E-state index is 12.7. The Morgan fingerprint density at radius 1 is 0.970 bits per heavy atom. The van der Waals surface area contributed by atoms with Crippen LogP contribution in [0.2, 0.25) is 0 Å². The Kier molecular flexibility index (Phi) is 5.35. The van der Waals surface area contributed by atoms with Crippen LogP contribution < -0.4 is 11.0 Å². The van der Waals surface area contributed by atoms with Crippen LogP contribution in [-0.4, -0.2) is 21.9 Å². The highest BCUT2D eigenvalue weighted by Gasteiger charge is 2.13. The molecule has 0 saturated heterocycles. The van der Waals surface area contributed by atoms with Gasteiger partial charge in [-0.05, 0) is 24.3 Å². The molecule has 7 nitrogen and oxygen atoms in total. The van der Waals surface area contributed by atoms with Gasteiger partial charge in [0.05, 0.1) is 11.9 Å². The minimum atomic E-state index is -0.525. The molecule has 2 heterocycles. The fraction of sp³-hybridized carbons (Fsp3) is 0. The number of nitrogens with zero attached hydrogens (tertiary/aromatic N) is 3. The van der Waals surface area contributed by atoms with Crippen molar-refractivity contribution in [2.75, 3.05) is 0 Å². The van der Waals surface area contributed by atoms with Crippen molar-refractivity contribution >= 4 is 23.1 Å². The van der Waals surface area contributed by atoms with Crippen molar-refractivity contribution in [2.45, 2.75) is 0 Å². The standard InChI is InChI=1S/C26H19N5O2/c27-25-22(15-19-11-7-8-14-23(19)33-25)26(32)29-28-16-20-17-31(21-12-5-2-6-13-21)30-24(20)18-9-3-1-4-10-18/h1-17,27H,(H,29,32)/b27-25?,28-16+. The molecule has 0 bridgehead atoms. The van der Waals surface area contributed by atoms with E-state index in [1.807, 2.05) is 85.1 Å². The molecule has 5 aromatic rings. The van der Waals surface area contributed by atoms with Gasteiger partial charge < -0.3 is 4.42 Å². The first-order valence-corrected chi connectivity index (χ1v) is 10.3. The lowest BCUT2D eigenvalue weighted by molar-refractivity contribution is 0.0951. The van der Waals surface area contributed by atoms with Gasteiger partial charge in [0.15, 0.2) is 0 Å². The van der Waals surface area contributed by atoms with E-state index >= 15 is 0 Å². The van der Waals surface area contributed by atoms with Crippen LogP contribution in [0.5, 0.6) is 0 Å². The van der Waals surface area contributed by atoms with Crippen LogP contribution in [-0.2, 0) is 0 Å². The first kappa shape index (κ1) is 20.1. The zero-order valence-electron chi connectivity index (χ0n) is 17.5. The number of hydrogen-bond donors (Lipinski definition) is 2. The van der Waals surface area contributed by atoms with Crippen molar-refractivity contribution < 1.29 is 9.21 Å². The molecule has 0 aliphatic carbocycles. The maximum atomic E-state index is 12.7. The molecule has 5 rings (SSSR count). The van der Waals surface area contributed by atoms with E-state index in [0.717, 1.165) is 27.9 Å². The number of para-hydroxylation sites is 2. The third-order valence-corrected chi connectivity index (χ3v) is 5.10. The molecule has 0 atom stereocenters. The number of fused-ring (bicyclic) bond motifs is 1. The normalized spacial score (nSPS) is 11.2. The molecule has 7 heteroatoms. The molecule has 33 heavy (non-hydrogen) atoms. The van der Waals surface area contributed by atoms with E-state index in [-0.39, 0.29) is 11.1 Å². The minimum absolute atomic E-state index is 0.106. The molecule has 0 spiro atoms. The molecule has 160 valence electrons. The van der Waals surface area contributed by atoms with Crippen LogP contribution in [0.3, 0.4) is 0 Å². The van der Waals surface area contributed by atoms with Crippen LogP contribution >= 0.6 is 0 Å². The van der Waals surface area contributed by atoms with Crippen molar-refractivity contribution in [3.05, 3.63) is 114 Å². The highest BCUT2D eigenvalue weighted by Crippen LogP contribution is 2.22. The molecule has 3 aromatic carbocycles. The minimum Gasteiger partial charge on any atom is -0.438 e. The van der Waals surface area contributed by atoms with Gasteiger partial charge in [0.25, 0.3) is 5.91 Å². The summed E-state index contributed by atoms with van der Waals surface area (Å²) in [6.07, 6.45) is 3.41.